The summed E-state index contributed by atoms with van der Waals surface area (Å²) in [6.07, 6.45) is 0. The molecule has 0 aliphatic heterocycles. The summed E-state index contributed by atoms with van der Waals surface area (Å²) in [6, 6.07) is 10.1. The molecule has 0 aromatic heterocycles. The summed E-state index contributed by atoms with van der Waals surface area (Å²) in [4.78, 5) is 24.2. The van der Waals surface area contributed by atoms with Gasteiger partial charge in [0, 0.05) is 0 Å². The Morgan fingerprint density at radius 2 is 1.57 bits per heavy atom. The van der Waals surface area contributed by atoms with E-state index in [1.54, 1.807) is 0 Å². The Labute approximate surface area is 131 Å². The van der Waals surface area contributed by atoms with Crippen molar-refractivity contribution in [1.29, 1.82) is 0 Å². The fourth-order valence-electron chi connectivity index (χ4n) is 1.68. The average molecular weight is 336 g/mol. The van der Waals surface area contributed by atoms with Gasteiger partial charge in [-0.2, -0.15) is 0 Å². The fraction of sp³-hybridized carbons (Fsp3) is 0. The molecule has 2 aromatic rings. The Hall–Kier alpha value is -2.91. The Balaban J connectivity index is 2.11. The van der Waals surface area contributed by atoms with Crippen LogP contribution in [0.4, 0.5) is 0 Å². The van der Waals surface area contributed by atoms with Crippen LogP contribution < -0.4 is 10.3 Å². The van der Waals surface area contributed by atoms with Crippen LogP contribution >= 0.6 is 0 Å². The molecule has 0 unspecified atom stereocenters. The number of rotatable bonds is 5. The highest BCUT2D eigenvalue weighted by molar-refractivity contribution is 7.89. The lowest BCUT2D eigenvalue weighted by Gasteiger charge is -2.09. The van der Waals surface area contributed by atoms with E-state index in [1.165, 1.54) is 24.3 Å². The molecule has 120 valence electrons. The first-order valence-corrected chi connectivity index (χ1v) is 7.73. The number of benzene rings is 2. The molecular weight excluding hydrogens is 324 g/mol. The molecule has 0 radical (unpaired) electrons. The summed E-state index contributed by atoms with van der Waals surface area (Å²) in [5.74, 6) is -2.32. The molecule has 0 heterocycles. The van der Waals surface area contributed by atoms with Crippen molar-refractivity contribution in [2.24, 2.45) is 0 Å². The topological polar surface area (TPSA) is 133 Å². The fourth-order valence-corrected chi connectivity index (χ4v) is 2.52. The van der Waals surface area contributed by atoms with E-state index in [1.807, 2.05) is 10.3 Å². The number of amides is 1. The molecule has 0 spiro atoms. The van der Waals surface area contributed by atoms with E-state index in [0.29, 0.717) is 0 Å². The minimum atomic E-state index is -4.08. The molecule has 0 aliphatic rings. The monoisotopic (exact) mass is 336 g/mol. The second-order valence-corrected chi connectivity index (χ2v) is 6.09. The summed E-state index contributed by atoms with van der Waals surface area (Å²) in [5.41, 5.74) is 1.79. The minimum Gasteiger partial charge on any atom is -0.507 e. The quantitative estimate of drug-likeness (QED) is 0.595. The van der Waals surface area contributed by atoms with E-state index in [9.17, 15) is 23.1 Å². The smallest absolute Gasteiger partial charge is 0.335 e. The number of phenolic OH excluding ortho intramolecular Hbond substituents is 1. The lowest BCUT2D eigenvalue weighted by atomic mass is 10.2. The Morgan fingerprint density at radius 1 is 0.957 bits per heavy atom. The van der Waals surface area contributed by atoms with Crippen LogP contribution in [0.5, 0.6) is 5.75 Å². The second-order valence-electron chi connectivity index (χ2n) is 4.41. The second kappa shape index (κ2) is 6.46. The molecule has 23 heavy (non-hydrogen) atoms. The third-order valence-electron chi connectivity index (χ3n) is 2.86. The molecule has 0 saturated carbocycles. The summed E-state index contributed by atoms with van der Waals surface area (Å²) < 4.78 is 24.0. The number of phenols is 1. The van der Waals surface area contributed by atoms with Crippen molar-refractivity contribution in [3.63, 3.8) is 0 Å². The number of hydrogen-bond donors (Lipinski definition) is 4. The van der Waals surface area contributed by atoms with Gasteiger partial charge in [-0.15, -0.1) is 4.83 Å². The zero-order chi connectivity index (χ0) is 17.0. The van der Waals surface area contributed by atoms with Crippen LogP contribution in [-0.2, 0) is 10.0 Å². The summed E-state index contributed by atoms with van der Waals surface area (Å²) >= 11 is 0. The summed E-state index contributed by atoms with van der Waals surface area (Å²) in [6.45, 7) is 0. The Morgan fingerprint density at radius 3 is 2.13 bits per heavy atom. The highest BCUT2D eigenvalue weighted by Crippen LogP contribution is 2.15. The van der Waals surface area contributed by atoms with Crippen LogP contribution in [0.25, 0.3) is 0 Å². The maximum atomic E-state index is 12.0. The minimum absolute atomic E-state index is 0.0674. The van der Waals surface area contributed by atoms with Gasteiger partial charge in [0.05, 0.1) is 16.0 Å². The zero-order valence-corrected chi connectivity index (χ0v) is 12.4. The number of sulfonamides is 1. The van der Waals surface area contributed by atoms with Crippen molar-refractivity contribution in [3.05, 3.63) is 59.7 Å². The molecule has 4 N–H and O–H groups in total. The first-order chi connectivity index (χ1) is 10.8. The molecule has 0 fully saturated rings. The van der Waals surface area contributed by atoms with Gasteiger partial charge in [-0.1, -0.05) is 12.1 Å². The maximum Gasteiger partial charge on any atom is 0.335 e. The van der Waals surface area contributed by atoms with E-state index in [-0.39, 0.29) is 21.8 Å². The highest BCUT2D eigenvalue weighted by Gasteiger charge is 2.17. The number of hydrazine groups is 1. The van der Waals surface area contributed by atoms with E-state index in [2.05, 4.69) is 0 Å². The van der Waals surface area contributed by atoms with Crippen molar-refractivity contribution in [1.82, 2.24) is 10.3 Å². The van der Waals surface area contributed by atoms with Crippen molar-refractivity contribution >= 4 is 21.9 Å². The molecule has 2 aromatic carbocycles. The van der Waals surface area contributed by atoms with Crippen LogP contribution in [0.2, 0.25) is 0 Å². The van der Waals surface area contributed by atoms with Gasteiger partial charge in [0.25, 0.3) is 15.9 Å². The molecule has 0 aliphatic carbocycles. The predicted octanol–water partition coefficient (Wildman–Crippen LogP) is 0.714. The molecule has 1 amide bonds. The van der Waals surface area contributed by atoms with Crippen LogP contribution in [-0.4, -0.2) is 30.5 Å². The molecule has 8 nitrogen and oxygen atoms in total. The predicted molar refractivity (Wildman–Crippen MR) is 79.3 cm³/mol. The normalized spacial score (nSPS) is 11.0. The van der Waals surface area contributed by atoms with Crippen LogP contribution in [0, 0.1) is 0 Å². The van der Waals surface area contributed by atoms with Gasteiger partial charge in [0.15, 0.2) is 0 Å². The number of carboxylic acid groups (broad SMARTS) is 1. The highest BCUT2D eigenvalue weighted by atomic mass is 32.2. The van der Waals surface area contributed by atoms with Crippen molar-refractivity contribution in [2.75, 3.05) is 0 Å². The number of aromatic carboxylic acids is 1. The van der Waals surface area contributed by atoms with Gasteiger partial charge in [-0.3, -0.25) is 10.2 Å². The third kappa shape index (κ3) is 3.84. The number of carbonyl (C=O) groups excluding carboxylic acids is 1. The lowest BCUT2D eigenvalue weighted by Crippen LogP contribution is -2.41. The molecule has 0 atom stereocenters. The van der Waals surface area contributed by atoms with E-state index in [0.717, 1.165) is 24.3 Å². The number of aromatic hydroxyl groups is 1. The van der Waals surface area contributed by atoms with Gasteiger partial charge in [0.1, 0.15) is 5.75 Å². The van der Waals surface area contributed by atoms with Crippen LogP contribution in [0.1, 0.15) is 20.7 Å². The van der Waals surface area contributed by atoms with Crippen molar-refractivity contribution in [3.8, 4) is 5.75 Å². The van der Waals surface area contributed by atoms with E-state index >= 15 is 0 Å². The number of hydrogen-bond acceptors (Lipinski definition) is 5. The largest absolute Gasteiger partial charge is 0.507 e. The van der Waals surface area contributed by atoms with Gasteiger partial charge in [-0.25, -0.2) is 13.2 Å². The molecular formula is C14H12N2O6S. The zero-order valence-electron chi connectivity index (χ0n) is 11.6. The van der Waals surface area contributed by atoms with E-state index in [4.69, 9.17) is 5.11 Å². The van der Waals surface area contributed by atoms with Gasteiger partial charge in [-0.05, 0) is 36.4 Å². The molecule has 2 rings (SSSR count). The lowest BCUT2D eigenvalue weighted by molar-refractivity contribution is 0.0696. The first-order valence-electron chi connectivity index (χ1n) is 6.25. The summed E-state index contributed by atoms with van der Waals surface area (Å²) in [7, 11) is -4.08. The first kappa shape index (κ1) is 16.5. The number of carboxylic acids is 1. The van der Waals surface area contributed by atoms with Gasteiger partial charge in [0.2, 0.25) is 0 Å². The SMILES string of the molecule is O=C(O)c1ccc(S(=O)(=O)NNC(=O)c2ccccc2O)cc1. The van der Waals surface area contributed by atoms with Crippen molar-refractivity contribution in [2.45, 2.75) is 4.90 Å². The van der Waals surface area contributed by atoms with Crippen LogP contribution in [0.15, 0.2) is 53.4 Å². The van der Waals surface area contributed by atoms with Gasteiger partial charge >= 0.3 is 5.97 Å². The molecule has 0 bridgehead atoms. The van der Waals surface area contributed by atoms with Gasteiger partial charge < -0.3 is 10.2 Å². The van der Waals surface area contributed by atoms with Crippen molar-refractivity contribution < 1.29 is 28.2 Å². The average Bonchev–Trinajstić information content (AvgIpc) is 2.53. The number of para-hydroxylation sites is 1. The van der Waals surface area contributed by atoms with Crippen LogP contribution in [0.3, 0.4) is 0 Å². The number of carbonyl (C=O) groups is 2. The van der Waals surface area contributed by atoms with E-state index < -0.39 is 21.9 Å². The number of nitrogens with one attached hydrogen (secondary N) is 2. The Bertz CT molecular complexity index is 846. The molecule has 0 saturated heterocycles. The maximum absolute atomic E-state index is 12.0. The standard InChI is InChI=1S/C14H12N2O6S/c17-12-4-2-1-3-11(12)13(18)15-16-23(21,22)10-7-5-9(6-8-10)14(19)20/h1-8,16-17H,(H,15,18)(H,19,20). The molecule has 9 heteroatoms. The third-order valence-corrected chi connectivity index (χ3v) is 4.12. The summed E-state index contributed by atoms with van der Waals surface area (Å²) in [5, 5.41) is 18.3. The Kier molecular flexibility index (Phi) is 4.63.